The van der Waals surface area contributed by atoms with Crippen molar-refractivity contribution in [3.8, 4) is 0 Å². The van der Waals surface area contributed by atoms with Crippen LogP contribution < -0.4 is 10.6 Å². The molecular weight excluding hydrogens is 284 g/mol. The summed E-state index contributed by atoms with van der Waals surface area (Å²) in [6.07, 6.45) is 8.60. The van der Waals surface area contributed by atoms with E-state index in [4.69, 9.17) is 4.99 Å². The Balaban J connectivity index is 1.90. The third-order valence-electron chi connectivity index (χ3n) is 4.65. The Kier molecular flexibility index (Phi) is 6.87. The molecule has 4 nitrogen and oxygen atoms in total. The molecular formula is C19H32N4. The first kappa shape index (κ1) is 17.8. The Morgan fingerprint density at radius 2 is 2.00 bits per heavy atom. The molecule has 0 saturated heterocycles. The summed E-state index contributed by atoms with van der Waals surface area (Å²) in [7, 11) is 0. The number of guanidine groups is 1. The Morgan fingerprint density at radius 1 is 1.26 bits per heavy atom. The first-order chi connectivity index (χ1) is 11.1. The number of aromatic nitrogens is 1. The number of aryl methyl sites for hydroxylation is 1. The van der Waals surface area contributed by atoms with Crippen LogP contribution in [0, 0.1) is 18.8 Å². The van der Waals surface area contributed by atoms with Gasteiger partial charge < -0.3 is 10.6 Å². The fourth-order valence-corrected chi connectivity index (χ4v) is 3.65. The molecule has 1 saturated carbocycles. The molecule has 0 aliphatic heterocycles. The third kappa shape index (κ3) is 5.85. The summed E-state index contributed by atoms with van der Waals surface area (Å²) in [4.78, 5) is 8.92. The maximum atomic E-state index is 4.77. The minimum atomic E-state index is 0.550. The van der Waals surface area contributed by atoms with Crippen LogP contribution in [0.25, 0.3) is 0 Å². The zero-order valence-corrected chi connectivity index (χ0v) is 15.1. The molecule has 4 heteroatoms. The molecule has 23 heavy (non-hydrogen) atoms. The van der Waals surface area contributed by atoms with Crippen LogP contribution in [0.15, 0.2) is 23.5 Å². The summed E-state index contributed by atoms with van der Waals surface area (Å²) in [5, 5.41) is 7.03. The molecule has 0 bridgehead atoms. The van der Waals surface area contributed by atoms with E-state index < -0.39 is 0 Å². The highest BCUT2D eigenvalue weighted by molar-refractivity contribution is 5.80. The van der Waals surface area contributed by atoms with Gasteiger partial charge in [-0.2, -0.15) is 0 Å². The van der Waals surface area contributed by atoms with E-state index >= 15 is 0 Å². The van der Waals surface area contributed by atoms with Crippen LogP contribution in [-0.4, -0.2) is 30.1 Å². The number of hydrogen-bond acceptors (Lipinski definition) is 2. The van der Waals surface area contributed by atoms with E-state index in [1.165, 1.54) is 30.4 Å². The van der Waals surface area contributed by atoms with E-state index in [1.54, 1.807) is 0 Å². The lowest BCUT2D eigenvalue weighted by Crippen LogP contribution is -2.46. The predicted octanol–water partition coefficient (Wildman–Crippen LogP) is 3.31. The van der Waals surface area contributed by atoms with Crippen molar-refractivity contribution in [2.75, 3.05) is 13.1 Å². The Bertz CT molecular complexity index is 502. The van der Waals surface area contributed by atoms with Crippen molar-refractivity contribution in [3.05, 3.63) is 29.6 Å². The number of pyridine rings is 1. The van der Waals surface area contributed by atoms with E-state index in [0.717, 1.165) is 37.3 Å². The molecule has 1 heterocycles. The Labute approximate surface area is 141 Å². The molecule has 1 aliphatic rings. The molecule has 1 aliphatic carbocycles. The average molecular weight is 316 g/mol. The summed E-state index contributed by atoms with van der Waals surface area (Å²) < 4.78 is 0. The van der Waals surface area contributed by atoms with E-state index in [0.29, 0.717) is 6.04 Å². The summed E-state index contributed by atoms with van der Waals surface area (Å²) in [5.41, 5.74) is 2.58. The van der Waals surface area contributed by atoms with Crippen LogP contribution in [-0.2, 0) is 6.42 Å². The van der Waals surface area contributed by atoms with Gasteiger partial charge >= 0.3 is 0 Å². The molecule has 1 fully saturated rings. The first-order valence-electron chi connectivity index (χ1n) is 9.02. The van der Waals surface area contributed by atoms with Gasteiger partial charge in [-0.1, -0.05) is 13.8 Å². The number of rotatable bonds is 5. The van der Waals surface area contributed by atoms with Gasteiger partial charge in [0.05, 0.1) is 0 Å². The van der Waals surface area contributed by atoms with Crippen molar-refractivity contribution in [1.29, 1.82) is 0 Å². The minimum absolute atomic E-state index is 0.550. The average Bonchev–Trinajstić information content (AvgIpc) is 2.48. The molecule has 2 N–H and O–H groups in total. The van der Waals surface area contributed by atoms with E-state index in [2.05, 4.69) is 49.4 Å². The largest absolute Gasteiger partial charge is 0.357 e. The van der Waals surface area contributed by atoms with Crippen molar-refractivity contribution < 1.29 is 0 Å². The van der Waals surface area contributed by atoms with Gasteiger partial charge in [-0.25, -0.2) is 0 Å². The molecule has 0 spiro atoms. The van der Waals surface area contributed by atoms with E-state index in [1.807, 2.05) is 12.4 Å². The topological polar surface area (TPSA) is 49.3 Å². The van der Waals surface area contributed by atoms with Gasteiger partial charge in [-0.3, -0.25) is 9.98 Å². The first-order valence-corrected chi connectivity index (χ1v) is 9.02. The lowest BCUT2D eigenvalue weighted by Gasteiger charge is -2.32. The summed E-state index contributed by atoms with van der Waals surface area (Å²) in [6.45, 7) is 10.7. The minimum Gasteiger partial charge on any atom is -0.357 e. The zero-order valence-electron chi connectivity index (χ0n) is 15.1. The predicted molar refractivity (Wildman–Crippen MR) is 97.8 cm³/mol. The van der Waals surface area contributed by atoms with Crippen molar-refractivity contribution in [2.45, 2.75) is 59.4 Å². The molecule has 1 aromatic heterocycles. The highest BCUT2D eigenvalue weighted by atomic mass is 15.2. The van der Waals surface area contributed by atoms with Crippen molar-refractivity contribution in [2.24, 2.45) is 16.8 Å². The summed E-state index contributed by atoms with van der Waals surface area (Å²) >= 11 is 0. The van der Waals surface area contributed by atoms with Gasteiger partial charge in [0.2, 0.25) is 0 Å². The zero-order chi connectivity index (χ0) is 16.7. The van der Waals surface area contributed by atoms with Crippen LogP contribution in [0.1, 0.15) is 51.2 Å². The van der Waals surface area contributed by atoms with Crippen molar-refractivity contribution in [1.82, 2.24) is 15.6 Å². The van der Waals surface area contributed by atoms with Crippen LogP contribution in [0.4, 0.5) is 0 Å². The van der Waals surface area contributed by atoms with Crippen LogP contribution in [0.2, 0.25) is 0 Å². The molecule has 2 unspecified atom stereocenters. The quantitative estimate of drug-likeness (QED) is 0.647. The SMILES string of the molecule is CCNC(=NCCc1ccncc1C)NC1CC(C)CC(C)C1. The monoisotopic (exact) mass is 316 g/mol. The standard InChI is InChI=1S/C19H32N4/c1-5-21-19(23-18-11-14(2)10-15(3)12-18)22-9-7-17-6-8-20-13-16(17)4/h6,8,13-15,18H,5,7,9-12H2,1-4H3,(H2,21,22,23). The maximum Gasteiger partial charge on any atom is 0.191 e. The lowest BCUT2D eigenvalue weighted by atomic mass is 9.80. The van der Waals surface area contributed by atoms with Gasteiger partial charge in [0.15, 0.2) is 5.96 Å². The molecule has 1 aromatic rings. The van der Waals surface area contributed by atoms with Crippen LogP contribution in [0.5, 0.6) is 0 Å². The van der Waals surface area contributed by atoms with Gasteiger partial charge in [-0.15, -0.1) is 0 Å². The van der Waals surface area contributed by atoms with Gasteiger partial charge in [0.1, 0.15) is 0 Å². The second kappa shape index (κ2) is 8.90. The number of hydrogen-bond donors (Lipinski definition) is 2. The highest BCUT2D eigenvalue weighted by Crippen LogP contribution is 2.28. The van der Waals surface area contributed by atoms with Gasteiger partial charge in [0.25, 0.3) is 0 Å². The summed E-state index contributed by atoms with van der Waals surface area (Å²) in [5.74, 6) is 2.57. The Hall–Kier alpha value is -1.58. The second-order valence-electron chi connectivity index (χ2n) is 7.07. The molecule has 2 atom stereocenters. The highest BCUT2D eigenvalue weighted by Gasteiger charge is 2.24. The normalized spacial score (nSPS) is 25.2. The maximum absolute atomic E-state index is 4.77. The Morgan fingerprint density at radius 3 is 2.65 bits per heavy atom. The van der Waals surface area contributed by atoms with E-state index in [9.17, 15) is 0 Å². The fraction of sp³-hybridized carbons (Fsp3) is 0.684. The molecule has 128 valence electrons. The van der Waals surface area contributed by atoms with Crippen molar-refractivity contribution >= 4 is 5.96 Å². The molecule has 0 aromatic carbocycles. The molecule has 0 radical (unpaired) electrons. The van der Waals surface area contributed by atoms with Crippen LogP contribution >= 0.6 is 0 Å². The molecule has 2 rings (SSSR count). The number of aliphatic imine (C=N–C) groups is 1. The summed E-state index contributed by atoms with van der Waals surface area (Å²) in [6, 6.07) is 2.64. The smallest absolute Gasteiger partial charge is 0.191 e. The number of nitrogens with zero attached hydrogens (tertiary/aromatic N) is 2. The molecule has 0 amide bonds. The van der Waals surface area contributed by atoms with Crippen molar-refractivity contribution in [3.63, 3.8) is 0 Å². The lowest BCUT2D eigenvalue weighted by molar-refractivity contribution is 0.255. The van der Waals surface area contributed by atoms with Gasteiger partial charge in [-0.05, 0) is 68.6 Å². The van der Waals surface area contributed by atoms with Gasteiger partial charge in [0, 0.05) is 31.5 Å². The van der Waals surface area contributed by atoms with Crippen LogP contribution in [0.3, 0.4) is 0 Å². The van der Waals surface area contributed by atoms with E-state index in [-0.39, 0.29) is 0 Å². The second-order valence-corrected chi connectivity index (χ2v) is 7.07. The number of nitrogens with one attached hydrogen (secondary N) is 2. The third-order valence-corrected chi connectivity index (χ3v) is 4.65. The fourth-order valence-electron chi connectivity index (χ4n) is 3.65.